The monoisotopic (exact) mass is 508 g/mol. The molecule has 1 saturated heterocycles. The Morgan fingerprint density at radius 1 is 1.14 bits per heavy atom. The summed E-state index contributed by atoms with van der Waals surface area (Å²) in [6, 6.07) is 12.3. The van der Waals surface area contributed by atoms with Crippen molar-refractivity contribution in [2.24, 2.45) is 9.78 Å². The summed E-state index contributed by atoms with van der Waals surface area (Å²) in [5.74, 6) is 0.166. The molecule has 9 heteroatoms. The Morgan fingerprint density at radius 2 is 1.86 bits per heavy atom. The number of piperidine rings is 1. The van der Waals surface area contributed by atoms with Gasteiger partial charge >= 0.3 is 0 Å². The second-order valence-corrected chi connectivity index (χ2v) is 12.5. The SMILES string of the molecule is Cc1cc([C@@H](C)Nc2ccccc2S2(=O)=NC(=O)CN2)c2oc(N3CCC(C)(C)CC3)cc(=O)c2c1. The van der Waals surface area contributed by atoms with Gasteiger partial charge in [0.15, 0.2) is 11.3 Å². The zero-order chi connectivity index (χ0) is 25.7. The first kappa shape index (κ1) is 24.5. The van der Waals surface area contributed by atoms with Crippen molar-refractivity contribution in [3.63, 3.8) is 0 Å². The summed E-state index contributed by atoms with van der Waals surface area (Å²) in [5.41, 5.74) is 3.15. The lowest BCUT2D eigenvalue weighted by molar-refractivity contribution is -0.116. The van der Waals surface area contributed by atoms with Gasteiger partial charge in [-0.25, -0.2) is 8.93 Å². The Hall–Kier alpha value is -3.17. The van der Waals surface area contributed by atoms with Gasteiger partial charge in [-0.1, -0.05) is 32.0 Å². The first-order valence-electron chi connectivity index (χ1n) is 12.3. The predicted molar refractivity (Wildman–Crippen MR) is 143 cm³/mol. The maximum absolute atomic E-state index is 13.3. The molecule has 0 spiro atoms. The van der Waals surface area contributed by atoms with Crippen LogP contribution in [-0.4, -0.2) is 29.8 Å². The molecule has 3 heterocycles. The average molecular weight is 509 g/mol. The van der Waals surface area contributed by atoms with Crippen molar-refractivity contribution in [2.45, 2.75) is 51.5 Å². The van der Waals surface area contributed by atoms with Gasteiger partial charge in [-0.15, -0.1) is 4.36 Å². The van der Waals surface area contributed by atoms with Crippen LogP contribution in [0.1, 0.15) is 50.8 Å². The van der Waals surface area contributed by atoms with Crippen LogP contribution in [0.15, 0.2) is 60.9 Å². The van der Waals surface area contributed by atoms with E-state index >= 15 is 0 Å². The van der Waals surface area contributed by atoms with Crippen LogP contribution in [0, 0.1) is 12.3 Å². The lowest BCUT2D eigenvalue weighted by Crippen LogP contribution is -2.37. The zero-order valence-electron chi connectivity index (χ0n) is 21.1. The second-order valence-electron chi connectivity index (χ2n) is 10.5. The fraction of sp³-hybridized carbons (Fsp3) is 0.407. The van der Waals surface area contributed by atoms with Gasteiger partial charge in [-0.05, 0) is 55.9 Å². The molecule has 0 bridgehead atoms. The molecule has 190 valence electrons. The van der Waals surface area contributed by atoms with Crippen LogP contribution in [0.3, 0.4) is 0 Å². The highest BCUT2D eigenvalue weighted by atomic mass is 32.2. The van der Waals surface area contributed by atoms with Crippen LogP contribution in [0.5, 0.6) is 0 Å². The summed E-state index contributed by atoms with van der Waals surface area (Å²) in [7, 11) is -3.05. The van der Waals surface area contributed by atoms with E-state index < -0.39 is 15.8 Å². The molecule has 2 aliphatic rings. The van der Waals surface area contributed by atoms with E-state index in [-0.39, 0.29) is 23.4 Å². The number of rotatable bonds is 5. The van der Waals surface area contributed by atoms with E-state index in [9.17, 15) is 13.8 Å². The molecule has 1 fully saturated rings. The number of anilines is 2. The number of hydrogen-bond acceptors (Lipinski definition) is 6. The quantitative estimate of drug-likeness (QED) is 0.514. The molecule has 1 amide bonds. The number of carbonyl (C=O) groups excluding carboxylic acids is 1. The first-order valence-corrected chi connectivity index (χ1v) is 13.8. The minimum Gasteiger partial charge on any atom is -0.440 e. The third kappa shape index (κ3) is 4.65. The molecular formula is C27H32N4O4S. The summed E-state index contributed by atoms with van der Waals surface area (Å²) in [6.07, 6.45) is 2.07. The molecule has 2 aliphatic heterocycles. The van der Waals surface area contributed by atoms with Crippen LogP contribution in [0.25, 0.3) is 11.0 Å². The van der Waals surface area contributed by atoms with E-state index in [0.717, 1.165) is 37.1 Å². The van der Waals surface area contributed by atoms with Gasteiger partial charge in [-0.2, -0.15) is 0 Å². The van der Waals surface area contributed by atoms with Crippen LogP contribution < -0.4 is 20.4 Å². The average Bonchev–Trinajstić information content (AvgIpc) is 3.18. The van der Waals surface area contributed by atoms with E-state index in [1.54, 1.807) is 18.2 Å². The standard InChI is InChI=1S/C27H32N4O4S/c1-17-13-19(18(2)29-21-7-5-6-8-23(21)36(34)28-16-24(33)30-36)26-20(14-17)22(32)15-25(35-26)31-11-9-27(3,4)10-12-31/h5-8,13-15,18,29H,9-12,16H2,1-4H3,(H,28,30,33,34)/t18-,36?/m1/s1. The summed E-state index contributed by atoms with van der Waals surface area (Å²) in [4.78, 5) is 27.5. The number of nitrogens with zero attached hydrogens (tertiary/aromatic N) is 2. The van der Waals surface area contributed by atoms with Crippen LogP contribution in [0.2, 0.25) is 0 Å². The van der Waals surface area contributed by atoms with Gasteiger partial charge in [0.25, 0.3) is 5.91 Å². The van der Waals surface area contributed by atoms with E-state index in [1.165, 1.54) is 0 Å². The van der Waals surface area contributed by atoms with Crippen LogP contribution in [0.4, 0.5) is 11.6 Å². The normalized spacial score (nSPS) is 22.4. The number of benzene rings is 2. The van der Waals surface area contributed by atoms with Crippen LogP contribution in [-0.2, 0) is 14.7 Å². The lowest BCUT2D eigenvalue weighted by Gasteiger charge is -2.37. The number of hydrogen-bond donors (Lipinski definition) is 2. The maximum Gasteiger partial charge on any atom is 0.270 e. The fourth-order valence-electron chi connectivity index (χ4n) is 4.86. The summed E-state index contributed by atoms with van der Waals surface area (Å²) in [6.45, 7) is 10.1. The zero-order valence-corrected chi connectivity index (χ0v) is 21.9. The minimum atomic E-state index is -3.05. The van der Waals surface area contributed by atoms with Crippen molar-refractivity contribution < 1.29 is 13.4 Å². The molecule has 0 radical (unpaired) electrons. The summed E-state index contributed by atoms with van der Waals surface area (Å²) < 4.78 is 26.3. The molecule has 8 nitrogen and oxygen atoms in total. The maximum atomic E-state index is 13.3. The van der Waals surface area contributed by atoms with Gasteiger partial charge in [0.05, 0.1) is 28.6 Å². The number of aryl methyl sites for hydroxylation is 1. The summed E-state index contributed by atoms with van der Waals surface area (Å²) >= 11 is 0. The molecular weight excluding hydrogens is 476 g/mol. The number of fused-ring (bicyclic) bond motifs is 1. The van der Waals surface area contributed by atoms with Crippen LogP contribution >= 0.6 is 0 Å². The van der Waals surface area contributed by atoms with Gasteiger partial charge in [-0.3, -0.25) is 9.59 Å². The Morgan fingerprint density at radius 3 is 2.56 bits per heavy atom. The number of para-hydroxylation sites is 1. The molecule has 36 heavy (non-hydrogen) atoms. The Balaban J connectivity index is 1.54. The fourth-order valence-corrected chi connectivity index (χ4v) is 6.54. The van der Waals surface area contributed by atoms with Crippen molar-refractivity contribution >= 4 is 38.4 Å². The number of carbonyl (C=O) groups is 1. The molecule has 2 atom stereocenters. The highest BCUT2D eigenvalue weighted by Crippen LogP contribution is 2.35. The molecule has 0 saturated carbocycles. The number of nitrogens with one attached hydrogen (secondary N) is 2. The molecule has 1 aromatic heterocycles. The molecule has 0 aliphatic carbocycles. The topological polar surface area (TPSA) is 104 Å². The highest BCUT2D eigenvalue weighted by Gasteiger charge is 2.28. The molecule has 5 rings (SSSR count). The molecule has 3 aromatic rings. The first-order chi connectivity index (χ1) is 17.0. The summed E-state index contributed by atoms with van der Waals surface area (Å²) in [5, 5.41) is 3.97. The van der Waals surface area contributed by atoms with Crippen molar-refractivity contribution in [1.82, 2.24) is 4.72 Å². The van der Waals surface area contributed by atoms with Gasteiger partial charge in [0.1, 0.15) is 15.5 Å². The Labute approximate surface area is 211 Å². The third-order valence-corrected chi connectivity index (χ3v) is 9.04. The van der Waals surface area contributed by atoms with E-state index in [0.29, 0.717) is 27.4 Å². The van der Waals surface area contributed by atoms with E-state index in [2.05, 4.69) is 33.1 Å². The Bertz CT molecular complexity index is 1520. The van der Waals surface area contributed by atoms with Gasteiger partial charge in [0, 0.05) is 24.7 Å². The number of amides is 1. The van der Waals surface area contributed by atoms with Crippen molar-refractivity contribution in [3.8, 4) is 0 Å². The molecule has 2 aromatic carbocycles. The van der Waals surface area contributed by atoms with Crippen molar-refractivity contribution in [1.29, 1.82) is 0 Å². The van der Waals surface area contributed by atoms with Crippen molar-refractivity contribution in [3.05, 3.63) is 63.8 Å². The molecule has 2 N–H and O–H groups in total. The smallest absolute Gasteiger partial charge is 0.270 e. The van der Waals surface area contributed by atoms with E-state index in [4.69, 9.17) is 4.42 Å². The van der Waals surface area contributed by atoms with Crippen molar-refractivity contribution in [2.75, 3.05) is 29.9 Å². The lowest BCUT2D eigenvalue weighted by atomic mass is 9.83. The minimum absolute atomic E-state index is 0.0488. The third-order valence-electron chi connectivity index (χ3n) is 7.09. The highest BCUT2D eigenvalue weighted by molar-refractivity contribution is 7.92. The van der Waals surface area contributed by atoms with E-state index in [1.807, 2.05) is 38.1 Å². The largest absolute Gasteiger partial charge is 0.440 e. The van der Waals surface area contributed by atoms with Gasteiger partial charge in [0.2, 0.25) is 0 Å². The Kier molecular flexibility index (Phi) is 6.16. The predicted octanol–water partition coefficient (Wildman–Crippen LogP) is 4.77. The van der Waals surface area contributed by atoms with Gasteiger partial charge < -0.3 is 14.6 Å². The molecule has 1 unspecified atom stereocenters. The second kappa shape index (κ2) is 9.05.